The van der Waals surface area contributed by atoms with Crippen molar-refractivity contribution in [1.29, 1.82) is 0 Å². The first-order valence-electron chi connectivity index (χ1n) is 7.17. The average molecular weight is 280 g/mol. The zero-order valence-corrected chi connectivity index (χ0v) is 12.6. The summed E-state index contributed by atoms with van der Waals surface area (Å²) in [6.45, 7) is 6.26. The van der Waals surface area contributed by atoms with Gasteiger partial charge in [0, 0.05) is 18.4 Å². The van der Waals surface area contributed by atoms with E-state index >= 15 is 0 Å². The van der Waals surface area contributed by atoms with Crippen LogP contribution in [0.4, 0.5) is 0 Å². The molecule has 2 atom stereocenters. The molecule has 0 saturated heterocycles. The van der Waals surface area contributed by atoms with Crippen LogP contribution in [-0.4, -0.2) is 20.6 Å². The molecule has 3 aromatic rings. The van der Waals surface area contributed by atoms with Crippen LogP contribution in [0.2, 0.25) is 0 Å². The van der Waals surface area contributed by atoms with E-state index in [1.54, 1.807) is 12.4 Å². The Bertz CT molecular complexity index is 759. The van der Waals surface area contributed by atoms with Crippen LogP contribution in [0, 0.1) is 13.8 Å². The molecule has 21 heavy (non-hydrogen) atoms. The quantitative estimate of drug-likeness (QED) is 0.802. The van der Waals surface area contributed by atoms with E-state index in [4.69, 9.17) is 5.73 Å². The van der Waals surface area contributed by atoms with Gasteiger partial charge in [-0.25, -0.2) is 4.98 Å². The minimum Gasteiger partial charge on any atom is -0.326 e. The molecule has 2 heterocycles. The fraction of sp³-hybridized carbons (Fsp3) is 0.294. The Kier molecular flexibility index (Phi) is 3.47. The summed E-state index contributed by atoms with van der Waals surface area (Å²) in [4.78, 5) is 8.63. The highest BCUT2D eigenvalue weighted by molar-refractivity contribution is 5.77. The number of rotatable bonds is 3. The molecule has 2 aromatic heterocycles. The van der Waals surface area contributed by atoms with E-state index in [1.165, 1.54) is 11.1 Å². The second-order valence-corrected chi connectivity index (χ2v) is 5.66. The molecule has 0 fully saturated rings. The summed E-state index contributed by atoms with van der Waals surface area (Å²) in [5.74, 6) is 0. The summed E-state index contributed by atoms with van der Waals surface area (Å²) in [5, 5.41) is 0. The number of nitrogens with zero attached hydrogens (tertiary/aromatic N) is 3. The minimum absolute atomic E-state index is 0.0218. The molecule has 3 rings (SSSR count). The van der Waals surface area contributed by atoms with Crippen molar-refractivity contribution in [1.82, 2.24) is 14.5 Å². The van der Waals surface area contributed by atoms with Gasteiger partial charge in [-0.1, -0.05) is 0 Å². The van der Waals surface area contributed by atoms with Gasteiger partial charge in [0.25, 0.3) is 0 Å². The van der Waals surface area contributed by atoms with Crippen LogP contribution in [0.1, 0.15) is 29.7 Å². The number of aromatic nitrogens is 3. The Hall–Kier alpha value is -2.20. The molecule has 0 amide bonds. The molecular weight excluding hydrogens is 260 g/mol. The number of fused-ring (bicyclic) bond motifs is 1. The van der Waals surface area contributed by atoms with Gasteiger partial charge >= 0.3 is 0 Å². The zero-order valence-electron chi connectivity index (χ0n) is 12.6. The monoisotopic (exact) mass is 280 g/mol. The molecule has 0 spiro atoms. The number of hydrogen-bond acceptors (Lipinski definition) is 3. The number of benzene rings is 1. The molecular formula is C17H20N4. The van der Waals surface area contributed by atoms with Gasteiger partial charge in [-0.2, -0.15) is 0 Å². The molecule has 0 bridgehead atoms. The summed E-state index contributed by atoms with van der Waals surface area (Å²) >= 11 is 0. The number of pyridine rings is 1. The van der Waals surface area contributed by atoms with E-state index in [0.29, 0.717) is 0 Å². The second kappa shape index (κ2) is 5.30. The van der Waals surface area contributed by atoms with E-state index in [1.807, 2.05) is 25.4 Å². The maximum atomic E-state index is 6.25. The van der Waals surface area contributed by atoms with Crippen molar-refractivity contribution in [3.63, 3.8) is 0 Å². The van der Waals surface area contributed by atoms with Crippen molar-refractivity contribution in [3.05, 3.63) is 59.7 Å². The molecule has 0 aliphatic rings. The molecule has 2 N–H and O–H groups in total. The first kappa shape index (κ1) is 13.8. The number of nitrogens with two attached hydrogens (primary N) is 1. The lowest BCUT2D eigenvalue weighted by Gasteiger charge is -2.23. The minimum atomic E-state index is -0.0218. The lowest BCUT2D eigenvalue weighted by atomic mass is 10.0. The maximum absolute atomic E-state index is 6.25. The first-order chi connectivity index (χ1) is 10.1. The Balaban J connectivity index is 2.19. The Morgan fingerprint density at radius 2 is 1.76 bits per heavy atom. The van der Waals surface area contributed by atoms with Crippen LogP contribution in [0.5, 0.6) is 0 Å². The Labute approximate surface area is 124 Å². The SMILES string of the molecule is Cc1cc2ncn(C(c3ccncc3)C(C)N)c2cc1C. The standard InChI is InChI=1S/C17H20N4/c1-11-8-15-16(9-12(11)2)21(10-20-15)17(13(3)18)14-4-6-19-7-5-14/h4-10,13,17H,18H2,1-3H3. The molecule has 2 unspecified atom stereocenters. The van der Waals surface area contributed by atoms with Gasteiger partial charge in [0.2, 0.25) is 0 Å². The van der Waals surface area contributed by atoms with Gasteiger partial charge < -0.3 is 10.3 Å². The van der Waals surface area contributed by atoms with Gasteiger partial charge in [-0.3, -0.25) is 4.98 Å². The van der Waals surface area contributed by atoms with Crippen LogP contribution in [0.25, 0.3) is 11.0 Å². The summed E-state index contributed by atoms with van der Waals surface area (Å²) in [7, 11) is 0. The van der Waals surface area contributed by atoms with E-state index in [0.717, 1.165) is 16.6 Å². The third-order valence-corrected chi connectivity index (χ3v) is 4.04. The topological polar surface area (TPSA) is 56.7 Å². The summed E-state index contributed by atoms with van der Waals surface area (Å²) < 4.78 is 2.17. The first-order valence-corrected chi connectivity index (χ1v) is 7.17. The Morgan fingerprint density at radius 1 is 1.10 bits per heavy atom. The smallest absolute Gasteiger partial charge is 0.0964 e. The van der Waals surface area contributed by atoms with Crippen LogP contribution in [-0.2, 0) is 0 Å². The van der Waals surface area contributed by atoms with Crippen molar-refractivity contribution in [3.8, 4) is 0 Å². The van der Waals surface area contributed by atoms with Gasteiger partial charge in [0.15, 0.2) is 0 Å². The normalized spacial score (nSPS) is 14.3. The third-order valence-electron chi connectivity index (χ3n) is 4.04. The second-order valence-electron chi connectivity index (χ2n) is 5.66. The highest BCUT2D eigenvalue weighted by atomic mass is 15.1. The fourth-order valence-corrected chi connectivity index (χ4v) is 2.78. The van der Waals surface area contributed by atoms with Crippen molar-refractivity contribution in [2.24, 2.45) is 5.73 Å². The van der Waals surface area contributed by atoms with Gasteiger partial charge in [0.05, 0.1) is 23.4 Å². The van der Waals surface area contributed by atoms with Gasteiger partial charge in [0.1, 0.15) is 0 Å². The van der Waals surface area contributed by atoms with Gasteiger partial charge in [-0.05, 0) is 61.7 Å². The van der Waals surface area contributed by atoms with E-state index in [9.17, 15) is 0 Å². The summed E-state index contributed by atoms with van der Waals surface area (Å²) in [6, 6.07) is 8.38. The molecule has 0 radical (unpaired) electrons. The van der Waals surface area contributed by atoms with Crippen LogP contribution in [0.15, 0.2) is 43.0 Å². The molecule has 4 heteroatoms. The van der Waals surface area contributed by atoms with Crippen molar-refractivity contribution < 1.29 is 0 Å². The number of hydrogen-bond donors (Lipinski definition) is 1. The molecule has 1 aromatic carbocycles. The average Bonchev–Trinajstić information content (AvgIpc) is 2.83. The van der Waals surface area contributed by atoms with Crippen molar-refractivity contribution in [2.45, 2.75) is 32.9 Å². The molecule has 4 nitrogen and oxygen atoms in total. The highest BCUT2D eigenvalue weighted by Gasteiger charge is 2.20. The number of aryl methyl sites for hydroxylation is 2. The van der Waals surface area contributed by atoms with Crippen molar-refractivity contribution >= 4 is 11.0 Å². The lowest BCUT2D eigenvalue weighted by Crippen LogP contribution is -2.30. The van der Waals surface area contributed by atoms with E-state index in [-0.39, 0.29) is 12.1 Å². The zero-order chi connectivity index (χ0) is 15.0. The Morgan fingerprint density at radius 3 is 2.43 bits per heavy atom. The highest BCUT2D eigenvalue weighted by Crippen LogP contribution is 2.27. The molecule has 108 valence electrons. The van der Waals surface area contributed by atoms with E-state index < -0.39 is 0 Å². The number of imidazole rings is 1. The molecule has 0 aliphatic carbocycles. The predicted octanol–water partition coefficient (Wildman–Crippen LogP) is 2.98. The summed E-state index contributed by atoms with van der Waals surface area (Å²) in [6.07, 6.45) is 5.50. The third kappa shape index (κ3) is 2.43. The van der Waals surface area contributed by atoms with Crippen LogP contribution in [0.3, 0.4) is 0 Å². The predicted molar refractivity (Wildman–Crippen MR) is 85.2 cm³/mol. The van der Waals surface area contributed by atoms with Gasteiger partial charge in [-0.15, -0.1) is 0 Å². The largest absolute Gasteiger partial charge is 0.326 e. The molecule has 0 saturated carbocycles. The van der Waals surface area contributed by atoms with Crippen molar-refractivity contribution in [2.75, 3.05) is 0 Å². The van der Waals surface area contributed by atoms with Crippen LogP contribution >= 0.6 is 0 Å². The van der Waals surface area contributed by atoms with E-state index in [2.05, 4.69) is 40.5 Å². The maximum Gasteiger partial charge on any atom is 0.0964 e. The lowest BCUT2D eigenvalue weighted by molar-refractivity contribution is 0.506. The molecule has 0 aliphatic heterocycles. The summed E-state index contributed by atoms with van der Waals surface area (Å²) in [5.41, 5.74) is 12.1. The fourth-order valence-electron chi connectivity index (χ4n) is 2.78. The van der Waals surface area contributed by atoms with Crippen LogP contribution < -0.4 is 5.73 Å².